The number of benzene rings is 3. The molecule has 0 aliphatic carbocycles. The van der Waals surface area contributed by atoms with Crippen LogP contribution in [0.25, 0.3) is 11.4 Å². The van der Waals surface area contributed by atoms with Crippen LogP contribution in [-0.4, -0.2) is 28.1 Å². The number of aromatic hydroxyl groups is 1. The van der Waals surface area contributed by atoms with E-state index in [4.69, 9.17) is 14.0 Å². The lowest BCUT2D eigenvalue weighted by atomic mass is 9.97. The third kappa shape index (κ3) is 4.40. The number of methoxy groups -OCH3 is 1. The summed E-state index contributed by atoms with van der Waals surface area (Å²) in [5.74, 6) is 0.996. The van der Waals surface area contributed by atoms with Crippen LogP contribution in [0.4, 0.5) is 0 Å². The first-order chi connectivity index (χ1) is 15.0. The Morgan fingerprint density at radius 3 is 2.45 bits per heavy atom. The summed E-state index contributed by atoms with van der Waals surface area (Å²) >= 11 is 0. The van der Waals surface area contributed by atoms with E-state index in [1.54, 1.807) is 31.2 Å². The van der Waals surface area contributed by atoms with E-state index in [1.807, 2.05) is 30.3 Å². The third-order valence-electron chi connectivity index (χ3n) is 4.70. The van der Waals surface area contributed by atoms with Crippen molar-refractivity contribution in [3.63, 3.8) is 0 Å². The van der Waals surface area contributed by atoms with E-state index in [0.29, 0.717) is 29.4 Å². The summed E-state index contributed by atoms with van der Waals surface area (Å²) in [6.45, 7) is 2.09. The van der Waals surface area contributed by atoms with Crippen LogP contribution in [0, 0.1) is 6.92 Å². The maximum absolute atomic E-state index is 13.2. The van der Waals surface area contributed by atoms with Gasteiger partial charge in [-0.15, -0.1) is 0 Å². The quantitative estimate of drug-likeness (QED) is 0.441. The molecule has 7 heteroatoms. The topological polar surface area (TPSA) is 94.7 Å². The van der Waals surface area contributed by atoms with E-state index in [2.05, 4.69) is 10.1 Å². The van der Waals surface area contributed by atoms with E-state index in [1.165, 1.54) is 19.2 Å². The van der Waals surface area contributed by atoms with Gasteiger partial charge in [-0.05, 0) is 42.0 Å². The van der Waals surface area contributed by atoms with Gasteiger partial charge in [-0.25, -0.2) is 0 Å². The number of hydrogen-bond acceptors (Lipinski definition) is 7. The first kappa shape index (κ1) is 20.2. The smallest absolute Gasteiger partial charge is 0.223 e. The number of aryl methyl sites for hydroxylation is 1. The number of carbonyl (C=O) groups excluding carboxylic acids is 1. The third-order valence-corrected chi connectivity index (χ3v) is 4.70. The Morgan fingerprint density at radius 1 is 1.06 bits per heavy atom. The average Bonchev–Trinajstić information content (AvgIpc) is 3.24. The fraction of sp³-hybridized carbons (Fsp3) is 0.125. The summed E-state index contributed by atoms with van der Waals surface area (Å²) in [5, 5.41) is 14.1. The Kier molecular flexibility index (Phi) is 5.66. The zero-order chi connectivity index (χ0) is 21.8. The summed E-state index contributed by atoms with van der Waals surface area (Å²) in [5.41, 5.74) is 2.12. The second-order valence-electron chi connectivity index (χ2n) is 6.83. The van der Waals surface area contributed by atoms with Crippen molar-refractivity contribution in [3.05, 3.63) is 89.3 Å². The normalized spacial score (nSPS) is 10.6. The molecule has 1 N–H and O–H groups in total. The van der Waals surface area contributed by atoms with Gasteiger partial charge in [-0.3, -0.25) is 4.79 Å². The number of ether oxygens (including phenoxy) is 2. The number of phenolic OH excluding ortho intramolecular Hbond substituents is 1. The molecular weight excluding hydrogens is 396 g/mol. The van der Waals surface area contributed by atoms with Crippen molar-refractivity contribution >= 4 is 5.78 Å². The van der Waals surface area contributed by atoms with Crippen LogP contribution >= 0.6 is 0 Å². The lowest BCUT2D eigenvalue weighted by molar-refractivity contribution is 0.103. The predicted molar refractivity (Wildman–Crippen MR) is 113 cm³/mol. The minimum Gasteiger partial charge on any atom is -0.504 e. The zero-order valence-electron chi connectivity index (χ0n) is 17.0. The Bertz CT molecular complexity index is 1200. The molecule has 7 nitrogen and oxygen atoms in total. The number of carbonyl (C=O) groups is 1. The van der Waals surface area contributed by atoms with Crippen molar-refractivity contribution in [2.45, 2.75) is 13.5 Å². The molecule has 3 aromatic carbocycles. The highest BCUT2D eigenvalue weighted by Gasteiger charge is 2.21. The average molecular weight is 416 g/mol. The van der Waals surface area contributed by atoms with Gasteiger partial charge in [-0.1, -0.05) is 35.5 Å². The van der Waals surface area contributed by atoms with Crippen LogP contribution in [0.3, 0.4) is 0 Å². The highest BCUT2D eigenvalue weighted by molar-refractivity contribution is 6.13. The largest absolute Gasteiger partial charge is 0.504 e. The molecular formula is C24H20N2O5. The van der Waals surface area contributed by atoms with Crippen LogP contribution < -0.4 is 9.47 Å². The number of hydrogen-bond donors (Lipinski definition) is 1. The van der Waals surface area contributed by atoms with Crippen molar-refractivity contribution in [2.24, 2.45) is 0 Å². The maximum atomic E-state index is 13.2. The predicted octanol–water partition coefficient (Wildman–Crippen LogP) is 4.57. The second-order valence-corrected chi connectivity index (χ2v) is 6.83. The van der Waals surface area contributed by atoms with Crippen LogP contribution in [-0.2, 0) is 6.61 Å². The van der Waals surface area contributed by atoms with Gasteiger partial charge < -0.3 is 19.1 Å². The van der Waals surface area contributed by atoms with Gasteiger partial charge in [0.15, 0.2) is 17.3 Å². The minimum absolute atomic E-state index is 0.155. The molecule has 0 saturated carbocycles. The van der Waals surface area contributed by atoms with E-state index in [-0.39, 0.29) is 28.7 Å². The summed E-state index contributed by atoms with van der Waals surface area (Å²) in [6.07, 6.45) is 0. The van der Waals surface area contributed by atoms with Crippen LogP contribution in [0.2, 0.25) is 0 Å². The minimum atomic E-state index is -0.301. The molecule has 4 aromatic rings. The maximum Gasteiger partial charge on any atom is 0.223 e. The van der Waals surface area contributed by atoms with Gasteiger partial charge in [0.05, 0.1) is 7.11 Å². The van der Waals surface area contributed by atoms with E-state index >= 15 is 0 Å². The molecule has 31 heavy (non-hydrogen) atoms. The van der Waals surface area contributed by atoms with Crippen LogP contribution in [0.5, 0.6) is 17.2 Å². The molecule has 1 aromatic heterocycles. The van der Waals surface area contributed by atoms with E-state index in [9.17, 15) is 9.90 Å². The zero-order valence-corrected chi connectivity index (χ0v) is 17.0. The van der Waals surface area contributed by atoms with Crippen molar-refractivity contribution in [3.8, 4) is 28.6 Å². The standard InChI is InChI=1S/C24H20N2O5/c1-15-25-24(26-31-15)20-13-22(29-2)21(27)12-19(20)23(28)17-8-10-18(11-9-17)30-14-16-6-4-3-5-7-16/h3-13,27H,14H2,1-2H3. The summed E-state index contributed by atoms with van der Waals surface area (Å²) in [4.78, 5) is 17.4. The Morgan fingerprint density at radius 2 is 1.81 bits per heavy atom. The highest BCUT2D eigenvalue weighted by atomic mass is 16.5. The van der Waals surface area contributed by atoms with E-state index < -0.39 is 0 Å². The molecule has 4 rings (SSSR count). The summed E-state index contributed by atoms with van der Waals surface area (Å²) in [7, 11) is 1.43. The Hall–Kier alpha value is -4.13. The molecule has 0 unspecified atom stereocenters. The lowest BCUT2D eigenvalue weighted by Crippen LogP contribution is -2.05. The lowest BCUT2D eigenvalue weighted by Gasteiger charge is -2.11. The monoisotopic (exact) mass is 416 g/mol. The van der Waals surface area contributed by atoms with E-state index in [0.717, 1.165) is 5.56 Å². The van der Waals surface area contributed by atoms with Gasteiger partial charge in [0.2, 0.25) is 11.7 Å². The fourth-order valence-corrected chi connectivity index (χ4v) is 3.11. The second kappa shape index (κ2) is 8.71. The molecule has 0 amide bonds. The number of nitrogens with zero attached hydrogens (tertiary/aromatic N) is 2. The molecule has 0 fully saturated rings. The van der Waals surface area contributed by atoms with Gasteiger partial charge in [-0.2, -0.15) is 4.98 Å². The number of aromatic nitrogens is 2. The fourth-order valence-electron chi connectivity index (χ4n) is 3.11. The van der Waals surface area contributed by atoms with Crippen LogP contribution in [0.15, 0.2) is 71.3 Å². The molecule has 0 aliphatic rings. The van der Waals surface area contributed by atoms with Gasteiger partial charge in [0.1, 0.15) is 12.4 Å². The van der Waals surface area contributed by atoms with Gasteiger partial charge >= 0.3 is 0 Å². The molecule has 156 valence electrons. The summed E-state index contributed by atoms with van der Waals surface area (Å²) < 4.78 is 16.0. The Labute approximate surface area is 178 Å². The van der Waals surface area contributed by atoms with Crippen LogP contribution in [0.1, 0.15) is 27.4 Å². The molecule has 0 atom stereocenters. The van der Waals surface area contributed by atoms with Gasteiger partial charge in [0, 0.05) is 23.6 Å². The molecule has 0 saturated heterocycles. The highest BCUT2D eigenvalue weighted by Crippen LogP contribution is 2.35. The molecule has 0 bridgehead atoms. The first-order valence-corrected chi connectivity index (χ1v) is 9.58. The van der Waals surface area contributed by atoms with Crippen molar-refractivity contribution < 1.29 is 23.9 Å². The molecule has 0 spiro atoms. The first-order valence-electron chi connectivity index (χ1n) is 9.58. The van der Waals surface area contributed by atoms with Crippen molar-refractivity contribution in [1.29, 1.82) is 0 Å². The number of phenols is 1. The molecule has 0 aliphatic heterocycles. The van der Waals surface area contributed by atoms with Crippen molar-refractivity contribution in [2.75, 3.05) is 7.11 Å². The summed E-state index contributed by atoms with van der Waals surface area (Å²) in [6, 6.07) is 19.5. The SMILES string of the molecule is COc1cc(-c2noc(C)n2)c(C(=O)c2ccc(OCc3ccccc3)cc2)cc1O. The Balaban J connectivity index is 1.61. The van der Waals surface area contributed by atoms with Crippen molar-refractivity contribution in [1.82, 2.24) is 10.1 Å². The molecule has 1 heterocycles. The number of ketones is 1. The van der Waals surface area contributed by atoms with Gasteiger partial charge in [0.25, 0.3) is 0 Å². The molecule has 0 radical (unpaired) electrons. The number of rotatable bonds is 7.